The van der Waals surface area contributed by atoms with Crippen molar-refractivity contribution in [2.45, 2.75) is 20.0 Å². The molecule has 0 amide bonds. The van der Waals surface area contributed by atoms with Crippen LogP contribution in [-0.4, -0.2) is 5.11 Å². The van der Waals surface area contributed by atoms with E-state index in [2.05, 4.69) is 0 Å². The summed E-state index contributed by atoms with van der Waals surface area (Å²) in [4.78, 5) is 0. The molecular weight excluding hydrogens is 267 g/mol. The molecule has 100 valence electrons. The summed E-state index contributed by atoms with van der Waals surface area (Å²) in [6.45, 7) is 3.34. The minimum Gasteiger partial charge on any atom is -0.456 e. The second-order valence-electron chi connectivity index (χ2n) is 4.38. The Kier molecular flexibility index (Phi) is 4.08. The number of halogens is 2. The molecule has 0 radical (unpaired) electrons. The summed E-state index contributed by atoms with van der Waals surface area (Å²) < 4.78 is 18.9. The van der Waals surface area contributed by atoms with Crippen LogP contribution >= 0.6 is 11.6 Å². The van der Waals surface area contributed by atoms with Crippen LogP contribution in [0.4, 0.5) is 4.39 Å². The maximum Gasteiger partial charge on any atom is 0.146 e. The highest BCUT2D eigenvalue weighted by Gasteiger charge is 2.08. The summed E-state index contributed by atoms with van der Waals surface area (Å²) in [6, 6.07) is 9.64. The minimum absolute atomic E-state index is 0.325. The Balaban J connectivity index is 2.25. The number of aryl methyl sites for hydroxylation is 1. The van der Waals surface area contributed by atoms with Crippen molar-refractivity contribution >= 4 is 11.6 Å². The summed E-state index contributed by atoms with van der Waals surface area (Å²) in [6.07, 6.45) is -0.594. The Labute approximate surface area is 116 Å². The quantitative estimate of drug-likeness (QED) is 0.888. The van der Waals surface area contributed by atoms with E-state index >= 15 is 0 Å². The van der Waals surface area contributed by atoms with Gasteiger partial charge in [0, 0.05) is 6.07 Å². The van der Waals surface area contributed by atoms with Crippen LogP contribution in [-0.2, 0) is 0 Å². The zero-order chi connectivity index (χ0) is 14.0. The zero-order valence-electron chi connectivity index (χ0n) is 10.7. The molecule has 0 heterocycles. The van der Waals surface area contributed by atoms with Crippen LogP contribution in [0, 0.1) is 12.7 Å². The molecule has 1 N–H and O–H groups in total. The molecule has 0 unspecified atom stereocenters. The maximum absolute atomic E-state index is 13.4. The van der Waals surface area contributed by atoms with Crippen LogP contribution in [0.2, 0.25) is 5.02 Å². The van der Waals surface area contributed by atoms with Gasteiger partial charge >= 0.3 is 0 Å². The molecule has 0 saturated carbocycles. The van der Waals surface area contributed by atoms with Crippen LogP contribution < -0.4 is 4.74 Å². The van der Waals surface area contributed by atoms with Gasteiger partial charge < -0.3 is 9.84 Å². The van der Waals surface area contributed by atoms with E-state index in [0.29, 0.717) is 27.6 Å². The lowest BCUT2D eigenvalue weighted by Gasteiger charge is -2.11. The first kappa shape index (κ1) is 13.8. The number of aliphatic hydroxyl groups is 1. The van der Waals surface area contributed by atoms with Gasteiger partial charge in [-0.2, -0.15) is 0 Å². The Morgan fingerprint density at radius 2 is 1.95 bits per heavy atom. The van der Waals surface area contributed by atoms with Crippen molar-refractivity contribution in [1.29, 1.82) is 0 Å². The molecule has 0 spiro atoms. The first-order valence-corrected chi connectivity index (χ1v) is 6.26. The van der Waals surface area contributed by atoms with Crippen molar-refractivity contribution in [2.24, 2.45) is 0 Å². The smallest absolute Gasteiger partial charge is 0.146 e. The molecule has 0 aromatic heterocycles. The summed E-state index contributed by atoms with van der Waals surface area (Å²) >= 11 is 6.06. The van der Waals surface area contributed by atoms with Gasteiger partial charge in [-0.1, -0.05) is 23.7 Å². The monoisotopic (exact) mass is 280 g/mol. The lowest BCUT2D eigenvalue weighted by atomic mass is 10.1. The van der Waals surface area contributed by atoms with Crippen LogP contribution in [0.3, 0.4) is 0 Å². The van der Waals surface area contributed by atoms with E-state index in [0.717, 1.165) is 0 Å². The predicted molar refractivity (Wildman–Crippen MR) is 73.3 cm³/mol. The normalized spacial score (nSPS) is 12.3. The number of hydrogen-bond donors (Lipinski definition) is 1. The zero-order valence-corrected chi connectivity index (χ0v) is 11.4. The van der Waals surface area contributed by atoms with Gasteiger partial charge in [-0.3, -0.25) is 0 Å². The molecule has 2 aromatic rings. The number of ether oxygens (including phenoxy) is 1. The molecule has 0 saturated heterocycles. The van der Waals surface area contributed by atoms with Crippen molar-refractivity contribution in [2.75, 3.05) is 0 Å². The van der Waals surface area contributed by atoms with Gasteiger partial charge in [-0.05, 0) is 43.2 Å². The number of aliphatic hydroxyl groups excluding tert-OH is 1. The first-order chi connectivity index (χ1) is 8.97. The van der Waals surface area contributed by atoms with Gasteiger partial charge in [0.2, 0.25) is 0 Å². The van der Waals surface area contributed by atoms with Crippen molar-refractivity contribution in [3.63, 3.8) is 0 Å². The molecule has 2 aromatic carbocycles. The lowest BCUT2D eigenvalue weighted by molar-refractivity contribution is 0.199. The van der Waals surface area contributed by atoms with E-state index in [-0.39, 0.29) is 5.82 Å². The van der Waals surface area contributed by atoms with Gasteiger partial charge in [0.05, 0.1) is 11.1 Å². The summed E-state index contributed by atoms with van der Waals surface area (Å²) in [7, 11) is 0. The molecule has 1 atom stereocenters. The minimum atomic E-state index is -0.594. The topological polar surface area (TPSA) is 29.5 Å². The molecule has 19 heavy (non-hydrogen) atoms. The maximum atomic E-state index is 13.4. The Bertz CT molecular complexity index is 597. The molecule has 4 heteroatoms. The molecule has 0 aliphatic heterocycles. The third-order valence-corrected chi connectivity index (χ3v) is 3.10. The Morgan fingerprint density at radius 3 is 2.53 bits per heavy atom. The van der Waals surface area contributed by atoms with Gasteiger partial charge in [0.15, 0.2) is 0 Å². The van der Waals surface area contributed by atoms with Crippen molar-refractivity contribution < 1.29 is 14.2 Å². The third kappa shape index (κ3) is 3.25. The van der Waals surface area contributed by atoms with Crippen molar-refractivity contribution in [3.8, 4) is 11.5 Å². The van der Waals surface area contributed by atoms with E-state index in [1.807, 2.05) is 0 Å². The fourth-order valence-corrected chi connectivity index (χ4v) is 1.85. The average Bonchev–Trinajstić information content (AvgIpc) is 2.36. The molecule has 0 aliphatic carbocycles. The third-order valence-electron chi connectivity index (χ3n) is 2.81. The van der Waals surface area contributed by atoms with Crippen LogP contribution in [0.5, 0.6) is 11.5 Å². The highest BCUT2D eigenvalue weighted by Crippen LogP contribution is 2.32. The molecule has 2 rings (SSSR count). The van der Waals surface area contributed by atoms with Gasteiger partial charge in [-0.25, -0.2) is 4.39 Å². The highest BCUT2D eigenvalue weighted by atomic mass is 35.5. The van der Waals surface area contributed by atoms with Crippen LogP contribution in [0.15, 0.2) is 36.4 Å². The largest absolute Gasteiger partial charge is 0.456 e. The number of rotatable bonds is 3. The molecule has 0 aliphatic rings. The van der Waals surface area contributed by atoms with Crippen molar-refractivity contribution in [1.82, 2.24) is 0 Å². The number of benzene rings is 2. The standard InChI is InChI=1S/C15H14ClFO2/c1-9-3-5-12(8-14(9)17)19-15-6-4-11(10(2)18)7-13(15)16/h3-8,10,18H,1-2H3/t10-/m1/s1. The molecule has 2 nitrogen and oxygen atoms in total. The Hall–Kier alpha value is -1.58. The van der Waals surface area contributed by atoms with E-state index in [9.17, 15) is 9.50 Å². The molecule has 0 bridgehead atoms. The van der Waals surface area contributed by atoms with Gasteiger partial charge in [0.25, 0.3) is 0 Å². The fraction of sp³-hybridized carbons (Fsp3) is 0.200. The van der Waals surface area contributed by atoms with Crippen molar-refractivity contribution in [3.05, 3.63) is 58.4 Å². The lowest BCUT2D eigenvalue weighted by Crippen LogP contribution is -1.93. The average molecular weight is 281 g/mol. The SMILES string of the molecule is Cc1ccc(Oc2ccc([C@@H](C)O)cc2Cl)cc1F. The summed E-state index contributed by atoms with van der Waals surface area (Å²) in [5.41, 5.74) is 1.26. The van der Waals surface area contributed by atoms with E-state index in [1.54, 1.807) is 44.2 Å². The van der Waals surface area contributed by atoms with Crippen LogP contribution in [0.1, 0.15) is 24.2 Å². The number of hydrogen-bond acceptors (Lipinski definition) is 2. The summed E-state index contributed by atoms with van der Waals surface area (Å²) in [5, 5.41) is 9.82. The van der Waals surface area contributed by atoms with E-state index in [4.69, 9.17) is 16.3 Å². The fourth-order valence-electron chi connectivity index (χ4n) is 1.62. The molecular formula is C15H14ClFO2. The predicted octanol–water partition coefficient (Wildman–Crippen LogP) is 4.63. The Morgan fingerprint density at radius 1 is 1.21 bits per heavy atom. The van der Waals surface area contributed by atoms with Crippen LogP contribution in [0.25, 0.3) is 0 Å². The second-order valence-corrected chi connectivity index (χ2v) is 4.79. The van der Waals surface area contributed by atoms with E-state index in [1.165, 1.54) is 6.07 Å². The summed E-state index contributed by atoms with van der Waals surface area (Å²) in [5.74, 6) is 0.485. The first-order valence-electron chi connectivity index (χ1n) is 5.89. The second kappa shape index (κ2) is 5.59. The highest BCUT2D eigenvalue weighted by molar-refractivity contribution is 6.32. The molecule has 0 fully saturated rings. The van der Waals surface area contributed by atoms with Gasteiger partial charge in [0.1, 0.15) is 17.3 Å². The van der Waals surface area contributed by atoms with Gasteiger partial charge in [-0.15, -0.1) is 0 Å². The van der Waals surface area contributed by atoms with E-state index < -0.39 is 6.10 Å².